The molecule has 0 bridgehead atoms. The third-order valence-corrected chi connectivity index (χ3v) is 4.23. The molecule has 5 heteroatoms. The highest BCUT2D eigenvalue weighted by Crippen LogP contribution is 2.54. The molecule has 0 aliphatic carbocycles. The van der Waals surface area contributed by atoms with Gasteiger partial charge in [-0.1, -0.05) is 0 Å². The van der Waals surface area contributed by atoms with Crippen molar-refractivity contribution < 1.29 is 3.62 Å². The standard InChI is InChI=1S/Br3OP/c1-4-5(2)3. The molecular formula is Br3OP. The van der Waals surface area contributed by atoms with Crippen molar-refractivity contribution >= 4 is 52.8 Å². The maximum atomic E-state index is 4.46. The molecule has 0 aliphatic heterocycles. The zero-order valence-corrected chi connectivity index (χ0v) is 7.64. The molecule has 1 nitrogen and oxygen atoms in total. The fourth-order valence-electron chi connectivity index (χ4n) is 0. The van der Waals surface area contributed by atoms with Crippen molar-refractivity contribution in [1.29, 1.82) is 0 Å². The summed E-state index contributed by atoms with van der Waals surface area (Å²) in [6.07, 6.45) is 0. The Balaban J connectivity index is 2.54. The van der Waals surface area contributed by atoms with Gasteiger partial charge in [-0.15, -0.1) is 0 Å². The lowest BCUT2D eigenvalue weighted by Gasteiger charge is -1.84. The molecule has 0 N–H and O–H groups in total. The number of rotatable bonds is 1. The van der Waals surface area contributed by atoms with E-state index in [1.807, 2.05) is 0 Å². The Labute approximate surface area is 56.2 Å². The lowest BCUT2D eigenvalue weighted by molar-refractivity contribution is 0.792. The van der Waals surface area contributed by atoms with Crippen LogP contribution in [-0.4, -0.2) is 0 Å². The molecule has 0 rings (SSSR count). The summed E-state index contributed by atoms with van der Waals surface area (Å²) in [7, 11) is 0. The Morgan fingerprint density at radius 1 is 1.40 bits per heavy atom. The molecule has 0 saturated carbocycles. The van der Waals surface area contributed by atoms with E-state index in [0.717, 1.165) is 0 Å². The smallest absolute Gasteiger partial charge is 0.185 e. The Morgan fingerprint density at radius 2 is 1.60 bits per heavy atom. The van der Waals surface area contributed by atoms with Gasteiger partial charge in [-0.2, -0.15) is 0 Å². The molecule has 0 fully saturated rings. The minimum Gasteiger partial charge on any atom is -0.261 e. The van der Waals surface area contributed by atoms with Crippen LogP contribution in [0, 0.1) is 0 Å². The van der Waals surface area contributed by atoms with Gasteiger partial charge in [-0.3, -0.25) is 3.62 Å². The average molecular weight is 287 g/mol. The monoisotopic (exact) mass is 284 g/mol. The van der Waals surface area contributed by atoms with Gasteiger partial charge in [0, 0.05) is 0 Å². The summed E-state index contributed by atoms with van der Waals surface area (Å²) in [5, 5.41) is 0. The van der Waals surface area contributed by atoms with Crippen LogP contribution in [0.3, 0.4) is 0 Å². The maximum Gasteiger partial charge on any atom is 0.185 e. The summed E-state index contributed by atoms with van der Waals surface area (Å²) in [5.74, 6) is 0. The highest BCUT2D eigenvalue weighted by Gasteiger charge is 1.88. The molecule has 0 saturated heterocycles. The van der Waals surface area contributed by atoms with Crippen LogP contribution in [-0.2, 0) is 3.62 Å². The van der Waals surface area contributed by atoms with E-state index < -0.39 is 5.55 Å². The zero-order valence-electron chi connectivity index (χ0n) is 1.99. The largest absolute Gasteiger partial charge is 0.261 e. The first kappa shape index (κ1) is 6.83. The second kappa shape index (κ2) is 4.00. The lowest BCUT2D eigenvalue weighted by atomic mass is 15.9. The van der Waals surface area contributed by atoms with Crippen molar-refractivity contribution in [2.75, 3.05) is 0 Å². The van der Waals surface area contributed by atoms with Gasteiger partial charge in [0.2, 0.25) is 0 Å². The molecule has 0 radical (unpaired) electrons. The SMILES string of the molecule is BrOP(Br)Br. The minimum absolute atomic E-state index is 0.557. The van der Waals surface area contributed by atoms with Crippen molar-refractivity contribution in [3.8, 4) is 0 Å². The molecule has 0 aromatic rings. The highest BCUT2D eigenvalue weighted by atomic mass is 79.9. The predicted octanol–water partition coefficient (Wildman–Crippen LogP) is 3.33. The fraction of sp³-hybridized carbons (Fsp3) is 0. The Kier molecular flexibility index (Phi) is 5.47. The van der Waals surface area contributed by atoms with E-state index in [-0.39, 0.29) is 0 Å². The third-order valence-electron chi connectivity index (χ3n) is 0.0522. The van der Waals surface area contributed by atoms with E-state index in [9.17, 15) is 0 Å². The summed E-state index contributed by atoms with van der Waals surface area (Å²) < 4.78 is 4.46. The van der Waals surface area contributed by atoms with Crippen LogP contribution < -0.4 is 0 Å². The third kappa shape index (κ3) is 5.83. The van der Waals surface area contributed by atoms with Gasteiger partial charge in [-0.05, 0) is 31.0 Å². The van der Waals surface area contributed by atoms with Crippen molar-refractivity contribution in [3.05, 3.63) is 0 Å². The van der Waals surface area contributed by atoms with Gasteiger partial charge in [0.25, 0.3) is 0 Å². The highest BCUT2D eigenvalue weighted by molar-refractivity contribution is 9.69. The lowest BCUT2D eigenvalue weighted by Crippen LogP contribution is -1.32. The topological polar surface area (TPSA) is 9.23 Å². The van der Waals surface area contributed by atoms with E-state index in [4.69, 9.17) is 0 Å². The molecule has 0 aromatic carbocycles. The molecule has 0 unspecified atom stereocenters. The Morgan fingerprint density at radius 3 is 1.60 bits per heavy atom. The fourth-order valence-corrected chi connectivity index (χ4v) is 0. The number of hydrogen-bond acceptors (Lipinski definition) is 1. The zero-order chi connectivity index (χ0) is 4.28. The summed E-state index contributed by atoms with van der Waals surface area (Å²) in [4.78, 5) is 0. The number of hydrogen-bond donors (Lipinski definition) is 0. The van der Waals surface area contributed by atoms with E-state index in [1.54, 1.807) is 0 Å². The van der Waals surface area contributed by atoms with Crippen LogP contribution >= 0.6 is 52.8 Å². The van der Waals surface area contributed by atoms with E-state index in [2.05, 4.69) is 50.9 Å². The summed E-state index contributed by atoms with van der Waals surface area (Å²) in [6.45, 7) is 0. The van der Waals surface area contributed by atoms with Crippen molar-refractivity contribution in [2.45, 2.75) is 0 Å². The van der Waals surface area contributed by atoms with Gasteiger partial charge in [0.1, 0.15) is 16.3 Å². The number of halogens is 3. The van der Waals surface area contributed by atoms with Crippen molar-refractivity contribution in [1.82, 2.24) is 0 Å². The van der Waals surface area contributed by atoms with Crippen LogP contribution in [0.4, 0.5) is 0 Å². The van der Waals surface area contributed by atoms with Crippen LogP contribution in [0.2, 0.25) is 0 Å². The Hall–Kier alpha value is 1.83. The molecule has 0 spiro atoms. The van der Waals surface area contributed by atoms with Crippen LogP contribution in [0.1, 0.15) is 0 Å². The summed E-state index contributed by atoms with van der Waals surface area (Å²) in [5.41, 5.74) is -0.557. The van der Waals surface area contributed by atoms with Crippen molar-refractivity contribution in [2.24, 2.45) is 0 Å². The van der Waals surface area contributed by atoms with E-state index in [1.165, 1.54) is 0 Å². The van der Waals surface area contributed by atoms with E-state index >= 15 is 0 Å². The maximum absolute atomic E-state index is 4.46. The molecule has 0 heterocycles. The van der Waals surface area contributed by atoms with Gasteiger partial charge in [0.05, 0.1) is 0 Å². The van der Waals surface area contributed by atoms with Crippen molar-refractivity contribution in [3.63, 3.8) is 0 Å². The molecular weight excluding hydrogens is 287 g/mol. The summed E-state index contributed by atoms with van der Waals surface area (Å²) >= 11 is 8.92. The molecule has 0 aromatic heterocycles. The minimum atomic E-state index is -0.557. The second-order valence-electron chi connectivity index (χ2n) is 0.271. The molecule has 0 atom stereocenters. The van der Waals surface area contributed by atoms with Gasteiger partial charge >= 0.3 is 0 Å². The average Bonchev–Trinajstić information content (AvgIpc) is 1.38. The first-order valence-corrected chi connectivity index (χ1v) is 6.62. The molecule has 32 valence electrons. The van der Waals surface area contributed by atoms with E-state index in [0.29, 0.717) is 0 Å². The van der Waals surface area contributed by atoms with Gasteiger partial charge in [-0.25, -0.2) is 0 Å². The van der Waals surface area contributed by atoms with Gasteiger partial charge < -0.3 is 0 Å². The van der Waals surface area contributed by atoms with Gasteiger partial charge in [0.15, 0.2) is 5.55 Å². The molecule has 0 aliphatic rings. The predicted molar refractivity (Wildman–Crippen MR) is 34.8 cm³/mol. The Bertz CT molecular complexity index is 20.9. The summed E-state index contributed by atoms with van der Waals surface area (Å²) in [6, 6.07) is 0. The first-order chi connectivity index (χ1) is 2.27. The van der Waals surface area contributed by atoms with Crippen LogP contribution in [0.25, 0.3) is 0 Å². The van der Waals surface area contributed by atoms with Crippen LogP contribution in [0.15, 0.2) is 0 Å². The molecule has 0 amide bonds. The van der Waals surface area contributed by atoms with Crippen LogP contribution in [0.5, 0.6) is 0 Å². The normalized spacial score (nSPS) is 9.60. The quantitative estimate of drug-likeness (QED) is 0.672. The molecule has 5 heavy (non-hydrogen) atoms. The first-order valence-electron chi connectivity index (χ1n) is 0.675. The second-order valence-corrected chi connectivity index (χ2v) is 8.40.